The lowest BCUT2D eigenvalue weighted by Gasteiger charge is -2.22. The minimum atomic E-state index is 0.857. The van der Waals surface area contributed by atoms with Crippen molar-refractivity contribution in [2.75, 3.05) is 4.43 Å². The van der Waals surface area contributed by atoms with E-state index in [0.717, 1.165) is 11.3 Å². The molecule has 0 N–H and O–H groups in total. The van der Waals surface area contributed by atoms with E-state index in [9.17, 15) is 0 Å². The predicted molar refractivity (Wildman–Crippen MR) is 57.1 cm³/mol. The average molecular weight is 264 g/mol. The second kappa shape index (κ2) is 3.23. The lowest BCUT2D eigenvalue weighted by Crippen LogP contribution is -2.11. The third-order valence-corrected chi connectivity index (χ3v) is 4.93. The number of halogens is 1. The van der Waals surface area contributed by atoms with Crippen LogP contribution in [-0.4, -0.2) is 4.43 Å². The molecular formula is C10H17I. The van der Waals surface area contributed by atoms with E-state index < -0.39 is 0 Å². The van der Waals surface area contributed by atoms with Crippen LogP contribution in [0, 0.1) is 11.3 Å². The van der Waals surface area contributed by atoms with E-state index in [1.54, 1.807) is 25.7 Å². The summed E-state index contributed by atoms with van der Waals surface area (Å²) in [6.45, 7) is 0. The van der Waals surface area contributed by atoms with Gasteiger partial charge >= 0.3 is 0 Å². The first-order valence-electron chi connectivity index (χ1n) is 4.91. The van der Waals surface area contributed by atoms with Crippen molar-refractivity contribution >= 4 is 22.6 Å². The molecule has 2 saturated carbocycles. The molecule has 11 heavy (non-hydrogen) atoms. The first kappa shape index (κ1) is 8.33. The highest BCUT2D eigenvalue weighted by molar-refractivity contribution is 14.1. The molecule has 2 aliphatic carbocycles. The lowest BCUT2D eigenvalue weighted by molar-refractivity contribution is 0.299. The maximum Gasteiger partial charge on any atom is 0.00239 e. The fourth-order valence-corrected chi connectivity index (χ4v) is 3.79. The summed E-state index contributed by atoms with van der Waals surface area (Å²) in [5, 5.41) is 0. The molecule has 0 aliphatic heterocycles. The van der Waals surface area contributed by atoms with Gasteiger partial charge in [0.1, 0.15) is 0 Å². The molecule has 0 amide bonds. The number of hydrogen-bond acceptors (Lipinski definition) is 0. The molecule has 1 atom stereocenters. The van der Waals surface area contributed by atoms with E-state index in [0.29, 0.717) is 0 Å². The lowest BCUT2D eigenvalue weighted by atomic mass is 9.84. The van der Waals surface area contributed by atoms with Gasteiger partial charge in [-0.2, -0.15) is 0 Å². The molecule has 0 heterocycles. The zero-order valence-electron chi connectivity index (χ0n) is 7.11. The molecule has 0 nitrogen and oxygen atoms in total. The first-order valence-corrected chi connectivity index (χ1v) is 6.43. The zero-order chi connectivity index (χ0) is 7.73. The molecule has 1 heteroatoms. The van der Waals surface area contributed by atoms with Crippen molar-refractivity contribution in [3.05, 3.63) is 0 Å². The van der Waals surface area contributed by atoms with Crippen molar-refractivity contribution in [2.45, 2.75) is 44.9 Å². The van der Waals surface area contributed by atoms with E-state index in [1.165, 1.54) is 23.7 Å². The minimum absolute atomic E-state index is 0.857. The van der Waals surface area contributed by atoms with Crippen LogP contribution in [0.4, 0.5) is 0 Å². The molecule has 0 aromatic carbocycles. The summed E-state index contributed by atoms with van der Waals surface area (Å²) in [4.78, 5) is 0. The SMILES string of the molecule is ICC1CCC2(CCCC2)C1. The van der Waals surface area contributed by atoms with E-state index in [1.807, 2.05) is 0 Å². The third-order valence-electron chi connectivity index (χ3n) is 3.69. The van der Waals surface area contributed by atoms with Crippen LogP contribution in [0.5, 0.6) is 0 Å². The van der Waals surface area contributed by atoms with Gasteiger partial charge in [-0.1, -0.05) is 35.4 Å². The maximum absolute atomic E-state index is 2.56. The summed E-state index contributed by atoms with van der Waals surface area (Å²) in [5.41, 5.74) is 0.857. The van der Waals surface area contributed by atoms with Crippen LogP contribution in [0.25, 0.3) is 0 Å². The van der Waals surface area contributed by atoms with Gasteiger partial charge in [-0.05, 0) is 43.4 Å². The van der Waals surface area contributed by atoms with Crippen LogP contribution in [-0.2, 0) is 0 Å². The molecule has 1 unspecified atom stereocenters. The number of hydrogen-bond donors (Lipinski definition) is 0. The monoisotopic (exact) mass is 264 g/mol. The Morgan fingerprint density at radius 2 is 1.91 bits per heavy atom. The molecule has 0 aromatic heterocycles. The highest BCUT2D eigenvalue weighted by Gasteiger charge is 2.40. The Morgan fingerprint density at radius 1 is 1.18 bits per heavy atom. The predicted octanol–water partition coefficient (Wildman–Crippen LogP) is 3.78. The standard InChI is InChI=1S/C10H17I/c11-8-9-3-6-10(7-9)4-1-2-5-10/h9H,1-8H2. The quantitative estimate of drug-likeness (QED) is 0.499. The van der Waals surface area contributed by atoms with Gasteiger partial charge in [-0.25, -0.2) is 0 Å². The van der Waals surface area contributed by atoms with Crippen LogP contribution < -0.4 is 0 Å². The molecule has 2 fully saturated rings. The summed E-state index contributed by atoms with van der Waals surface area (Å²) in [5.74, 6) is 1.08. The molecule has 2 rings (SSSR count). The molecule has 0 saturated heterocycles. The number of rotatable bonds is 1. The maximum atomic E-state index is 2.56. The van der Waals surface area contributed by atoms with Gasteiger partial charge in [-0.15, -0.1) is 0 Å². The third kappa shape index (κ3) is 1.58. The molecule has 0 bridgehead atoms. The summed E-state index contributed by atoms with van der Waals surface area (Å²) >= 11 is 2.56. The molecule has 0 aromatic rings. The van der Waals surface area contributed by atoms with E-state index in [2.05, 4.69) is 22.6 Å². The Balaban J connectivity index is 1.96. The summed E-state index contributed by atoms with van der Waals surface area (Å²) in [6, 6.07) is 0. The smallest absolute Gasteiger partial charge is 0.00239 e. The number of alkyl halides is 1. The van der Waals surface area contributed by atoms with Crippen molar-refractivity contribution in [3.63, 3.8) is 0 Å². The minimum Gasteiger partial charge on any atom is -0.0861 e. The van der Waals surface area contributed by atoms with Gasteiger partial charge in [0.15, 0.2) is 0 Å². The highest BCUT2D eigenvalue weighted by atomic mass is 127. The molecule has 1 spiro atoms. The summed E-state index contributed by atoms with van der Waals surface area (Å²) in [7, 11) is 0. The van der Waals surface area contributed by atoms with Crippen molar-refractivity contribution in [2.24, 2.45) is 11.3 Å². The zero-order valence-corrected chi connectivity index (χ0v) is 9.27. The fraction of sp³-hybridized carbons (Fsp3) is 1.00. The molecule has 0 radical (unpaired) electrons. The van der Waals surface area contributed by atoms with Gasteiger partial charge in [0.05, 0.1) is 0 Å². The van der Waals surface area contributed by atoms with Crippen molar-refractivity contribution in [3.8, 4) is 0 Å². The normalized spacial score (nSPS) is 35.2. The van der Waals surface area contributed by atoms with E-state index in [-0.39, 0.29) is 0 Å². The van der Waals surface area contributed by atoms with Gasteiger partial charge < -0.3 is 0 Å². The molecule has 2 aliphatic rings. The van der Waals surface area contributed by atoms with Crippen molar-refractivity contribution in [1.82, 2.24) is 0 Å². The van der Waals surface area contributed by atoms with Crippen LogP contribution >= 0.6 is 22.6 Å². The second-order valence-corrected chi connectivity index (χ2v) is 5.35. The summed E-state index contributed by atoms with van der Waals surface area (Å²) in [6.07, 6.45) is 10.8. The Labute approximate surface area is 83.3 Å². The summed E-state index contributed by atoms with van der Waals surface area (Å²) < 4.78 is 1.40. The van der Waals surface area contributed by atoms with Crippen LogP contribution in [0.1, 0.15) is 44.9 Å². The highest BCUT2D eigenvalue weighted by Crippen LogP contribution is 2.52. The molecule has 64 valence electrons. The van der Waals surface area contributed by atoms with Gasteiger partial charge in [0.2, 0.25) is 0 Å². The largest absolute Gasteiger partial charge is 0.0861 e. The first-order chi connectivity index (χ1) is 5.35. The second-order valence-electron chi connectivity index (χ2n) is 4.47. The van der Waals surface area contributed by atoms with Crippen molar-refractivity contribution in [1.29, 1.82) is 0 Å². The Hall–Kier alpha value is 0.730. The average Bonchev–Trinajstić information content (AvgIpc) is 2.62. The van der Waals surface area contributed by atoms with Crippen LogP contribution in [0.3, 0.4) is 0 Å². The van der Waals surface area contributed by atoms with Gasteiger partial charge in [-0.3, -0.25) is 0 Å². The Kier molecular flexibility index (Phi) is 2.45. The van der Waals surface area contributed by atoms with Crippen LogP contribution in [0.2, 0.25) is 0 Å². The Bertz CT molecular complexity index is 136. The Morgan fingerprint density at radius 3 is 2.45 bits per heavy atom. The van der Waals surface area contributed by atoms with E-state index >= 15 is 0 Å². The van der Waals surface area contributed by atoms with E-state index in [4.69, 9.17) is 0 Å². The van der Waals surface area contributed by atoms with Crippen molar-refractivity contribution < 1.29 is 0 Å². The topological polar surface area (TPSA) is 0 Å². The van der Waals surface area contributed by atoms with Gasteiger partial charge in [0.25, 0.3) is 0 Å². The van der Waals surface area contributed by atoms with Crippen LogP contribution in [0.15, 0.2) is 0 Å². The van der Waals surface area contributed by atoms with Gasteiger partial charge in [0, 0.05) is 4.43 Å². The fourth-order valence-electron chi connectivity index (χ4n) is 3.04. The molecular weight excluding hydrogens is 247 g/mol.